The molecule has 0 aromatic rings. The SMILES string of the molecule is CNCC1CCC1C(F)(F)F. The topological polar surface area (TPSA) is 12.0 Å². The lowest BCUT2D eigenvalue weighted by atomic mass is 9.73. The van der Waals surface area contributed by atoms with Crippen molar-refractivity contribution in [1.29, 1.82) is 0 Å². The average molecular weight is 167 g/mol. The Hall–Kier alpha value is -0.250. The van der Waals surface area contributed by atoms with E-state index in [9.17, 15) is 13.2 Å². The van der Waals surface area contributed by atoms with E-state index in [1.807, 2.05) is 0 Å². The van der Waals surface area contributed by atoms with E-state index >= 15 is 0 Å². The van der Waals surface area contributed by atoms with E-state index in [2.05, 4.69) is 5.32 Å². The summed E-state index contributed by atoms with van der Waals surface area (Å²) in [7, 11) is 1.69. The van der Waals surface area contributed by atoms with Crippen LogP contribution in [-0.2, 0) is 0 Å². The minimum atomic E-state index is -3.97. The first-order valence-corrected chi connectivity index (χ1v) is 3.77. The molecule has 2 atom stereocenters. The molecule has 11 heavy (non-hydrogen) atoms. The van der Waals surface area contributed by atoms with Gasteiger partial charge in [0.25, 0.3) is 0 Å². The van der Waals surface area contributed by atoms with Crippen molar-refractivity contribution in [1.82, 2.24) is 5.32 Å². The van der Waals surface area contributed by atoms with Crippen molar-refractivity contribution in [2.45, 2.75) is 19.0 Å². The lowest BCUT2D eigenvalue weighted by Gasteiger charge is -2.37. The second-order valence-electron chi connectivity index (χ2n) is 3.04. The van der Waals surface area contributed by atoms with Gasteiger partial charge in [-0.1, -0.05) is 0 Å². The van der Waals surface area contributed by atoms with Gasteiger partial charge >= 0.3 is 6.18 Å². The highest BCUT2D eigenvalue weighted by molar-refractivity contribution is 4.86. The van der Waals surface area contributed by atoms with Crippen molar-refractivity contribution in [2.75, 3.05) is 13.6 Å². The van der Waals surface area contributed by atoms with Gasteiger partial charge < -0.3 is 5.32 Å². The molecule has 1 rings (SSSR count). The Morgan fingerprint density at radius 3 is 2.27 bits per heavy atom. The van der Waals surface area contributed by atoms with Crippen LogP contribution in [0.3, 0.4) is 0 Å². The Kier molecular flexibility index (Phi) is 2.42. The molecular weight excluding hydrogens is 155 g/mol. The molecule has 4 heteroatoms. The van der Waals surface area contributed by atoms with Crippen LogP contribution in [0.15, 0.2) is 0 Å². The second-order valence-corrected chi connectivity index (χ2v) is 3.04. The zero-order chi connectivity index (χ0) is 8.48. The zero-order valence-corrected chi connectivity index (χ0v) is 6.41. The van der Waals surface area contributed by atoms with E-state index in [4.69, 9.17) is 0 Å². The van der Waals surface area contributed by atoms with Crippen LogP contribution in [0.4, 0.5) is 13.2 Å². The molecule has 1 saturated carbocycles. The molecule has 1 aliphatic rings. The van der Waals surface area contributed by atoms with Crippen LogP contribution in [0.5, 0.6) is 0 Å². The molecular formula is C7H12F3N. The van der Waals surface area contributed by atoms with E-state index in [0.29, 0.717) is 19.4 Å². The van der Waals surface area contributed by atoms with Crippen LogP contribution in [0.25, 0.3) is 0 Å². The molecule has 0 saturated heterocycles. The monoisotopic (exact) mass is 167 g/mol. The molecule has 0 radical (unpaired) electrons. The standard InChI is InChI=1S/C7H12F3N/c1-11-4-5-2-3-6(5)7(8,9)10/h5-6,11H,2-4H2,1H3. The zero-order valence-electron chi connectivity index (χ0n) is 6.41. The van der Waals surface area contributed by atoms with Crippen molar-refractivity contribution >= 4 is 0 Å². The van der Waals surface area contributed by atoms with E-state index in [1.54, 1.807) is 7.05 Å². The van der Waals surface area contributed by atoms with Gasteiger partial charge in [0.1, 0.15) is 0 Å². The van der Waals surface area contributed by atoms with Gasteiger partial charge in [-0.2, -0.15) is 13.2 Å². The van der Waals surface area contributed by atoms with E-state index in [1.165, 1.54) is 0 Å². The quantitative estimate of drug-likeness (QED) is 0.661. The molecule has 0 aromatic carbocycles. The number of hydrogen-bond donors (Lipinski definition) is 1. The summed E-state index contributed by atoms with van der Waals surface area (Å²) < 4.78 is 36.1. The molecule has 0 aromatic heterocycles. The number of halogens is 3. The van der Waals surface area contributed by atoms with Gasteiger partial charge in [0.15, 0.2) is 0 Å². The Morgan fingerprint density at radius 1 is 1.36 bits per heavy atom. The predicted molar refractivity (Wildman–Crippen MR) is 36.2 cm³/mol. The van der Waals surface area contributed by atoms with Crippen molar-refractivity contribution in [3.05, 3.63) is 0 Å². The van der Waals surface area contributed by atoms with Gasteiger partial charge in [0.05, 0.1) is 5.92 Å². The van der Waals surface area contributed by atoms with Crippen molar-refractivity contribution < 1.29 is 13.2 Å². The Morgan fingerprint density at radius 2 is 2.00 bits per heavy atom. The normalized spacial score (nSPS) is 31.6. The number of alkyl halides is 3. The van der Waals surface area contributed by atoms with Crippen LogP contribution in [0, 0.1) is 11.8 Å². The third-order valence-electron chi connectivity index (χ3n) is 2.30. The van der Waals surface area contributed by atoms with Gasteiger partial charge in [-0.15, -0.1) is 0 Å². The number of rotatable bonds is 2. The van der Waals surface area contributed by atoms with Crippen molar-refractivity contribution in [2.24, 2.45) is 11.8 Å². The minimum Gasteiger partial charge on any atom is -0.319 e. The summed E-state index contributed by atoms with van der Waals surface area (Å²) in [6.45, 7) is 0.490. The van der Waals surface area contributed by atoms with Crippen LogP contribution in [0.2, 0.25) is 0 Å². The van der Waals surface area contributed by atoms with Crippen molar-refractivity contribution in [3.63, 3.8) is 0 Å². The Balaban J connectivity index is 2.37. The first kappa shape index (κ1) is 8.84. The van der Waals surface area contributed by atoms with E-state index in [-0.39, 0.29) is 5.92 Å². The summed E-state index contributed by atoms with van der Waals surface area (Å²) in [4.78, 5) is 0. The summed E-state index contributed by atoms with van der Waals surface area (Å²) in [5.74, 6) is -1.23. The smallest absolute Gasteiger partial charge is 0.319 e. The van der Waals surface area contributed by atoms with Crippen molar-refractivity contribution in [3.8, 4) is 0 Å². The number of nitrogens with one attached hydrogen (secondary N) is 1. The molecule has 0 aliphatic heterocycles. The highest BCUT2D eigenvalue weighted by Crippen LogP contribution is 2.45. The van der Waals surface area contributed by atoms with Gasteiger partial charge in [0.2, 0.25) is 0 Å². The van der Waals surface area contributed by atoms with E-state index in [0.717, 1.165) is 0 Å². The molecule has 66 valence electrons. The van der Waals surface area contributed by atoms with Crippen LogP contribution in [0.1, 0.15) is 12.8 Å². The van der Waals surface area contributed by atoms with Gasteiger partial charge in [-0.25, -0.2) is 0 Å². The molecule has 1 nitrogen and oxygen atoms in total. The molecule has 1 aliphatic carbocycles. The second kappa shape index (κ2) is 3.01. The summed E-state index contributed by atoms with van der Waals surface area (Å²) in [5, 5.41) is 2.77. The lowest BCUT2D eigenvalue weighted by Crippen LogP contribution is -2.42. The van der Waals surface area contributed by atoms with Crippen LogP contribution >= 0.6 is 0 Å². The molecule has 0 bridgehead atoms. The maximum atomic E-state index is 12.0. The Labute approximate surface area is 64.0 Å². The lowest BCUT2D eigenvalue weighted by molar-refractivity contribution is -0.212. The molecule has 1 fully saturated rings. The highest BCUT2D eigenvalue weighted by Gasteiger charge is 2.49. The highest BCUT2D eigenvalue weighted by atomic mass is 19.4. The first-order chi connectivity index (χ1) is 5.05. The fourth-order valence-corrected chi connectivity index (χ4v) is 1.51. The van der Waals surface area contributed by atoms with Gasteiger partial charge in [-0.05, 0) is 32.4 Å². The summed E-state index contributed by atoms with van der Waals surface area (Å²) in [6, 6.07) is 0. The fraction of sp³-hybridized carbons (Fsp3) is 1.00. The first-order valence-electron chi connectivity index (χ1n) is 3.77. The maximum Gasteiger partial charge on any atom is 0.392 e. The summed E-state index contributed by atoms with van der Waals surface area (Å²) >= 11 is 0. The van der Waals surface area contributed by atoms with Crippen LogP contribution in [-0.4, -0.2) is 19.8 Å². The predicted octanol–water partition coefficient (Wildman–Crippen LogP) is 1.79. The maximum absolute atomic E-state index is 12.0. The van der Waals surface area contributed by atoms with Gasteiger partial charge in [0, 0.05) is 0 Å². The number of hydrogen-bond acceptors (Lipinski definition) is 1. The third kappa shape index (κ3) is 1.86. The van der Waals surface area contributed by atoms with Gasteiger partial charge in [-0.3, -0.25) is 0 Å². The molecule has 0 spiro atoms. The molecule has 0 amide bonds. The van der Waals surface area contributed by atoms with Crippen LogP contribution < -0.4 is 5.32 Å². The molecule has 1 N–H and O–H groups in total. The summed E-state index contributed by atoms with van der Waals surface area (Å²) in [5.41, 5.74) is 0. The minimum absolute atomic E-state index is 0.181. The summed E-state index contributed by atoms with van der Waals surface area (Å²) in [6.07, 6.45) is -2.94. The van der Waals surface area contributed by atoms with E-state index < -0.39 is 12.1 Å². The largest absolute Gasteiger partial charge is 0.392 e. The molecule has 0 heterocycles. The third-order valence-corrected chi connectivity index (χ3v) is 2.30. The Bertz CT molecular complexity index is 132. The fourth-order valence-electron chi connectivity index (χ4n) is 1.51. The average Bonchev–Trinajstić information content (AvgIpc) is 1.75. The molecule has 2 unspecified atom stereocenters.